The summed E-state index contributed by atoms with van der Waals surface area (Å²) in [5, 5.41) is 10.4. The van der Waals surface area contributed by atoms with Crippen LogP contribution in [0.25, 0.3) is 0 Å². The smallest absolute Gasteiger partial charge is 0.307 e. The average molecular weight is 580 g/mol. The molecular weight excluding hydrogens is 538 g/mol. The number of carbonyl (C=O) groups is 3. The van der Waals surface area contributed by atoms with Crippen LogP contribution in [-0.4, -0.2) is 72.0 Å². The molecule has 0 bridgehead atoms. The monoisotopic (exact) mass is 579 g/mol. The van der Waals surface area contributed by atoms with Gasteiger partial charge in [0.1, 0.15) is 0 Å². The van der Waals surface area contributed by atoms with E-state index in [0.717, 1.165) is 79.9 Å². The van der Waals surface area contributed by atoms with Crippen LogP contribution in [0.3, 0.4) is 0 Å². The van der Waals surface area contributed by atoms with E-state index in [4.69, 9.17) is 11.6 Å². The molecule has 2 aromatic rings. The van der Waals surface area contributed by atoms with E-state index in [0.29, 0.717) is 36.2 Å². The zero-order chi connectivity index (χ0) is 29.3. The Hall–Kier alpha value is -2.90. The molecule has 1 N–H and O–H groups in total. The SMILES string of the molecule is Cc1ccc(N(CCCN2CC3CN(C(=O)c4c(C)cccc4C)CC3C2)C(=O)[C@H]2CCCC[C@@H]2C(=O)O)cc1Cl. The number of carbonyl (C=O) groups excluding carboxylic acids is 2. The zero-order valence-corrected chi connectivity index (χ0v) is 25.2. The number of hydrogen-bond acceptors (Lipinski definition) is 4. The van der Waals surface area contributed by atoms with Gasteiger partial charge < -0.3 is 19.8 Å². The fraction of sp³-hybridized carbons (Fsp3) is 0.545. The Morgan fingerprint density at radius 2 is 1.54 bits per heavy atom. The van der Waals surface area contributed by atoms with Crippen molar-refractivity contribution in [3.05, 3.63) is 63.7 Å². The molecule has 2 heterocycles. The molecule has 3 fully saturated rings. The number of aryl methyl sites for hydroxylation is 3. The fourth-order valence-corrected chi connectivity index (χ4v) is 7.41. The normalized spacial score (nSPS) is 24.3. The van der Waals surface area contributed by atoms with Crippen molar-refractivity contribution in [1.82, 2.24) is 9.80 Å². The number of anilines is 1. The van der Waals surface area contributed by atoms with Gasteiger partial charge in [-0.15, -0.1) is 0 Å². The molecule has 0 spiro atoms. The molecule has 2 aliphatic heterocycles. The summed E-state index contributed by atoms with van der Waals surface area (Å²) in [7, 11) is 0. The number of benzene rings is 2. The lowest BCUT2D eigenvalue weighted by Gasteiger charge is -2.33. The first kappa shape index (κ1) is 29.6. The molecule has 220 valence electrons. The minimum Gasteiger partial charge on any atom is -0.481 e. The van der Waals surface area contributed by atoms with Gasteiger partial charge in [-0.05, 0) is 87.2 Å². The van der Waals surface area contributed by atoms with Gasteiger partial charge in [-0.3, -0.25) is 14.4 Å². The Morgan fingerprint density at radius 1 is 0.902 bits per heavy atom. The van der Waals surface area contributed by atoms with Crippen LogP contribution in [0.15, 0.2) is 36.4 Å². The molecule has 41 heavy (non-hydrogen) atoms. The van der Waals surface area contributed by atoms with Gasteiger partial charge in [-0.1, -0.05) is 48.7 Å². The first-order chi connectivity index (χ1) is 19.6. The molecule has 1 saturated carbocycles. The van der Waals surface area contributed by atoms with Crippen LogP contribution in [0.2, 0.25) is 5.02 Å². The summed E-state index contributed by atoms with van der Waals surface area (Å²) in [5.74, 6) is -1.03. The second-order valence-corrected chi connectivity index (χ2v) is 12.8. The molecule has 2 unspecified atom stereocenters. The molecule has 7 nitrogen and oxygen atoms in total. The van der Waals surface area contributed by atoms with Crippen molar-refractivity contribution in [2.45, 2.75) is 52.9 Å². The fourth-order valence-electron chi connectivity index (χ4n) is 7.24. The summed E-state index contributed by atoms with van der Waals surface area (Å²) < 4.78 is 0. The van der Waals surface area contributed by atoms with Crippen molar-refractivity contribution in [2.75, 3.05) is 44.2 Å². The van der Waals surface area contributed by atoms with Crippen LogP contribution in [-0.2, 0) is 9.59 Å². The number of nitrogens with zero attached hydrogens (tertiary/aromatic N) is 3. The molecule has 4 atom stereocenters. The Bertz CT molecular complexity index is 1280. The summed E-state index contributed by atoms with van der Waals surface area (Å²) in [6.45, 7) is 10.8. The molecule has 8 heteroatoms. The van der Waals surface area contributed by atoms with Crippen LogP contribution in [0.1, 0.15) is 59.2 Å². The average Bonchev–Trinajstić information content (AvgIpc) is 3.51. The molecule has 1 aliphatic carbocycles. The number of carboxylic acids is 1. The first-order valence-corrected chi connectivity index (χ1v) is 15.4. The predicted molar refractivity (Wildman–Crippen MR) is 161 cm³/mol. The highest BCUT2D eigenvalue weighted by atomic mass is 35.5. The second kappa shape index (κ2) is 12.5. The minimum atomic E-state index is -0.876. The van der Waals surface area contributed by atoms with Crippen molar-refractivity contribution in [3.63, 3.8) is 0 Å². The maximum absolute atomic E-state index is 13.8. The van der Waals surface area contributed by atoms with Gasteiger partial charge >= 0.3 is 5.97 Å². The van der Waals surface area contributed by atoms with Gasteiger partial charge in [0.2, 0.25) is 5.91 Å². The Morgan fingerprint density at radius 3 is 2.15 bits per heavy atom. The Balaban J connectivity index is 1.20. The van der Waals surface area contributed by atoms with E-state index >= 15 is 0 Å². The van der Waals surface area contributed by atoms with Gasteiger partial charge in [0.05, 0.1) is 11.8 Å². The number of amides is 2. The van der Waals surface area contributed by atoms with Gasteiger partial charge in [0.25, 0.3) is 5.91 Å². The summed E-state index contributed by atoms with van der Waals surface area (Å²) in [5.41, 5.74) is 4.58. The van der Waals surface area contributed by atoms with E-state index < -0.39 is 17.8 Å². The predicted octanol–water partition coefficient (Wildman–Crippen LogP) is 5.58. The molecule has 3 aliphatic rings. The zero-order valence-electron chi connectivity index (χ0n) is 24.4. The molecule has 0 radical (unpaired) electrons. The highest BCUT2D eigenvalue weighted by molar-refractivity contribution is 6.31. The quantitative estimate of drug-likeness (QED) is 0.441. The molecule has 2 amide bonds. The maximum Gasteiger partial charge on any atom is 0.307 e. The number of carboxylic acid groups (broad SMARTS) is 1. The topological polar surface area (TPSA) is 81.2 Å². The van der Waals surface area contributed by atoms with Crippen molar-refractivity contribution >= 4 is 35.1 Å². The summed E-state index contributed by atoms with van der Waals surface area (Å²) in [6, 6.07) is 11.7. The number of rotatable bonds is 8. The molecule has 5 rings (SSSR count). The Labute approximate surface area is 248 Å². The number of fused-ring (bicyclic) bond motifs is 1. The van der Waals surface area contributed by atoms with Crippen LogP contribution < -0.4 is 4.90 Å². The molecular formula is C33H42ClN3O4. The van der Waals surface area contributed by atoms with E-state index in [1.807, 2.05) is 62.1 Å². The van der Waals surface area contributed by atoms with Crippen LogP contribution in [0, 0.1) is 44.4 Å². The lowest BCUT2D eigenvalue weighted by atomic mass is 9.78. The van der Waals surface area contributed by atoms with Crippen LogP contribution in [0.5, 0.6) is 0 Å². The summed E-state index contributed by atoms with van der Waals surface area (Å²) in [4.78, 5) is 45.4. The van der Waals surface area contributed by atoms with Gasteiger partial charge in [-0.2, -0.15) is 0 Å². The maximum atomic E-state index is 13.8. The second-order valence-electron chi connectivity index (χ2n) is 12.4. The van der Waals surface area contributed by atoms with Crippen LogP contribution in [0.4, 0.5) is 5.69 Å². The lowest BCUT2D eigenvalue weighted by Crippen LogP contribution is -2.43. The highest BCUT2D eigenvalue weighted by Gasteiger charge is 2.42. The third-order valence-corrected chi connectivity index (χ3v) is 9.94. The largest absolute Gasteiger partial charge is 0.481 e. The van der Waals surface area contributed by atoms with E-state index in [2.05, 4.69) is 4.90 Å². The number of hydrogen-bond donors (Lipinski definition) is 1. The Kier molecular flexibility index (Phi) is 9.05. The van der Waals surface area contributed by atoms with Crippen molar-refractivity contribution in [1.29, 1.82) is 0 Å². The summed E-state index contributed by atoms with van der Waals surface area (Å²) >= 11 is 6.44. The lowest BCUT2D eigenvalue weighted by molar-refractivity contribution is -0.148. The summed E-state index contributed by atoms with van der Waals surface area (Å²) in [6.07, 6.45) is 3.67. The highest BCUT2D eigenvalue weighted by Crippen LogP contribution is 2.35. The van der Waals surface area contributed by atoms with Gasteiger partial charge in [-0.25, -0.2) is 0 Å². The molecule has 0 aromatic heterocycles. The van der Waals surface area contributed by atoms with E-state index in [1.54, 1.807) is 4.90 Å². The number of halogens is 1. The minimum absolute atomic E-state index is 0.101. The van der Waals surface area contributed by atoms with E-state index in [9.17, 15) is 19.5 Å². The molecule has 2 aromatic carbocycles. The number of aliphatic carboxylic acids is 1. The van der Waals surface area contributed by atoms with Crippen LogP contribution >= 0.6 is 11.6 Å². The third kappa shape index (κ3) is 6.31. The van der Waals surface area contributed by atoms with Crippen molar-refractivity contribution < 1.29 is 19.5 Å². The van der Waals surface area contributed by atoms with E-state index in [-0.39, 0.29) is 11.8 Å². The van der Waals surface area contributed by atoms with Crippen molar-refractivity contribution in [3.8, 4) is 0 Å². The van der Waals surface area contributed by atoms with Crippen molar-refractivity contribution in [2.24, 2.45) is 23.7 Å². The standard InChI is InChI=1S/C33H42ClN3O4/c1-21-12-13-26(16-29(21)34)37(31(38)27-10-4-5-11-28(27)33(40)41)15-7-14-35-17-24-19-36(20-25(24)18-35)32(39)30-22(2)8-6-9-23(30)3/h6,8-9,12-13,16,24-25,27-28H,4-5,7,10-11,14-15,17-20H2,1-3H3,(H,40,41)/t24?,25?,27-,28-/m0/s1. The van der Waals surface area contributed by atoms with Gasteiger partial charge in [0.15, 0.2) is 0 Å². The van der Waals surface area contributed by atoms with Gasteiger partial charge in [0, 0.05) is 49.0 Å². The first-order valence-electron chi connectivity index (χ1n) is 15.0. The third-order valence-electron chi connectivity index (χ3n) is 9.53. The van der Waals surface area contributed by atoms with E-state index in [1.165, 1.54) is 0 Å². The molecule has 2 saturated heterocycles. The number of likely N-dealkylation sites (tertiary alicyclic amines) is 2.